The molecule has 1 saturated heterocycles. The summed E-state index contributed by atoms with van der Waals surface area (Å²) in [5.41, 5.74) is 0. The number of carbonyl (C=O) groups excluding carboxylic acids is 1. The van der Waals surface area contributed by atoms with Crippen LogP contribution < -0.4 is 0 Å². The summed E-state index contributed by atoms with van der Waals surface area (Å²) in [7, 11) is 1.98. The zero-order valence-electron chi connectivity index (χ0n) is 6.79. The second-order valence-corrected chi connectivity index (χ2v) is 4.36. The van der Waals surface area contributed by atoms with Crippen LogP contribution in [0.4, 0.5) is 0 Å². The summed E-state index contributed by atoms with van der Waals surface area (Å²) in [5.74, 6) is 2.50. The second-order valence-electron chi connectivity index (χ2n) is 4.36. The van der Waals surface area contributed by atoms with Gasteiger partial charge in [-0.25, -0.2) is 0 Å². The summed E-state index contributed by atoms with van der Waals surface area (Å²) in [4.78, 5) is 13.6. The zero-order valence-corrected chi connectivity index (χ0v) is 6.79. The fraction of sp³-hybridized carbons (Fsp3) is 0.889. The number of rotatable bonds is 0. The van der Waals surface area contributed by atoms with Crippen LogP contribution in [0, 0.1) is 17.8 Å². The fourth-order valence-electron chi connectivity index (χ4n) is 3.47. The van der Waals surface area contributed by atoms with Gasteiger partial charge in [0.2, 0.25) is 5.91 Å². The first-order valence-corrected chi connectivity index (χ1v) is 4.54. The molecule has 11 heavy (non-hydrogen) atoms. The highest BCUT2D eigenvalue weighted by molar-refractivity contribution is 5.82. The molecule has 3 rings (SSSR count). The molecule has 60 valence electrons. The molecular formula is C9H13NO. The van der Waals surface area contributed by atoms with Gasteiger partial charge in [-0.05, 0) is 31.1 Å². The van der Waals surface area contributed by atoms with Crippen molar-refractivity contribution in [1.29, 1.82) is 0 Å². The van der Waals surface area contributed by atoms with Crippen LogP contribution in [0.15, 0.2) is 0 Å². The number of nitrogens with zero attached hydrogens (tertiary/aromatic N) is 1. The summed E-state index contributed by atoms with van der Waals surface area (Å²) in [6, 6.07) is 0.631. The Hall–Kier alpha value is -0.530. The number of fused-ring (bicyclic) bond motifs is 1. The van der Waals surface area contributed by atoms with Crippen molar-refractivity contribution in [1.82, 2.24) is 4.90 Å². The van der Waals surface area contributed by atoms with Gasteiger partial charge in [0.15, 0.2) is 0 Å². The molecule has 2 aliphatic carbocycles. The van der Waals surface area contributed by atoms with Crippen molar-refractivity contribution in [2.24, 2.45) is 17.8 Å². The summed E-state index contributed by atoms with van der Waals surface area (Å²) >= 11 is 0. The first-order chi connectivity index (χ1) is 5.27. The number of hydrogen-bond donors (Lipinski definition) is 0. The number of hydrogen-bond acceptors (Lipinski definition) is 1. The van der Waals surface area contributed by atoms with Crippen molar-refractivity contribution in [3.05, 3.63) is 0 Å². The smallest absolute Gasteiger partial charge is 0.226 e. The van der Waals surface area contributed by atoms with E-state index in [9.17, 15) is 4.79 Å². The predicted molar refractivity (Wildman–Crippen MR) is 40.9 cm³/mol. The summed E-state index contributed by atoms with van der Waals surface area (Å²) < 4.78 is 0. The van der Waals surface area contributed by atoms with Crippen LogP contribution in [-0.2, 0) is 4.79 Å². The Morgan fingerprint density at radius 1 is 1.36 bits per heavy atom. The van der Waals surface area contributed by atoms with Crippen molar-refractivity contribution < 1.29 is 4.79 Å². The van der Waals surface area contributed by atoms with E-state index in [-0.39, 0.29) is 0 Å². The maximum Gasteiger partial charge on any atom is 0.226 e. The van der Waals surface area contributed by atoms with Crippen LogP contribution in [0.3, 0.4) is 0 Å². The lowest BCUT2D eigenvalue weighted by atomic mass is 9.90. The van der Waals surface area contributed by atoms with Crippen LogP contribution in [0.5, 0.6) is 0 Å². The molecule has 1 heterocycles. The quantitative estimate of drug-likeness (QED) is 0.503. The zero-order chi connectivity index (χ0) is 7.59. The Morgan fingerprint density at radius 3 is 2.73 bits per heavy atom. The van der Waals surface area contributed by atoms with Gasteiger partial charge in [0.25, 0.3) is 0 Å². The molecule has 1 amide bonds. The molecule has 2 heteroatoms. The third kappa shape index (κ3) is 0.534. The Labute approximate surface area is 66.6 Å². The number of amides is 1. The molecule has 1 aliphatic heterocycles. The van der Waals surface area contributed by atoms with E-state index < -0.39 is 0 Å². The minimum atomic E-state index is 0.431. The molecule has 2 nitrogen and oxygen atoms in total. The van der Waals surface area contributed by atoms with Gasteiger partial charge in [-0.15, -0.1) is 0 Å². The summed E-state index contributed by atoms with van der Waals surface area (Å²) in [6.45, 7) is 0. The van der Waals surface area contributed by atoms with Crippen molar-refractivity contribution >= 4 is 5.91 Å². The molecule has 0 aromatic carbocycles. The van der Waals surface area contributed by atoms with Crippen LogP contribution in [-0.4, -0.2) is 23.9 Å². The maximum absolute atomic E-state index is 11.5. The topological polar surface area (TPSA) is 20.3 Å². The predicted octanol–water partition coefficient (Wildman–Crippen LogP) is 0.873. The maximum atomic E-state index is 11.5. The molecule has 3 aliphatic rings. The summed E-state index contributed by atoms with van der Waals surface area (Å²) in [6.07, 6.45) is 3.83. The Balaban J connectivity index is 2.05. The van der Waals surface area contributed by atoms with Gasteiger partial charge in [-0.2, -0.15) is 0 Å². The lowest BCUT2D eigenvalue weighted by Crippen LogP contribution is -2.28. The standard InChI is InChI=1S/C9H13NO/c1-10-8-4-5-2-6(8)7(3-5)9(10)11/h5-8H,2-4H2,1H3/t5-,6-,7+,8+/m0/s1. The van der Waals surface area contributed by atoms with Crippen LogP contribution in [0.2, 0.25) is 0 Å². The molecule has 0 N–H and O–H groups in total. The van der Waals surface area contributed by atoms with Crippen molar-refractivity contribution in [2.75, 3.05) is 7.05 Å². The van der Waals surface area contributed by atoms with Gasteiger partial charge >= 0.3 is 0 Å². The Morgan fingerprint density at radius 2 is 2.18 bits per heavy atom. The molecular weight excluding hydrogens is 138 g/mol. The van der Waals surface area contributed by atoms with Gasteiger partial charge in [-0.3, -0.25) is 4.79 Å². The molecule has 3 fully saturated rings. The van der Waals surface area contributed by atoms with Gasteiger partial charge in [0, 0.05) is 19.0 Å². The molecule has 4 atom stereocenters. The third-order valence-electron chi connectivity index (χ3n) is 3.94. The number of likely N-dealkylation sites (tertiary alicyclic amines) is 1. The van der Waals surface area contributed by atoms with E-state index in [4.69, 9.17) is 0 Å². The van der Waals surface area contributed by atoms with Crippen LogP contribution in [0.25, 0.3) is 0 Å². The van der Waals surface area contributed by atoms with Gasteiger partial charge in [-0.1, -0.05) is 0 Å². The fourth-order valence-corrected chi connectivity index (χ4v) is 3.47. The third-order valence-corrected chi connectivity index (χ3v) is 3.94. The highest BCUT2D eigenvalue weighted by atomic mass is 16.2. The largest absolute Gasteiger partial charge is 0.342 e. The normalized spacial score (nSPS) is 52.8. The van der Waals surface area contributed by atoms with E-state index in [2.05, 4.69) is 0 Å². The summed E-state index contributed by atoms with van der Waals surface area (Å²) in [5, 5.41) is 0. The Bertz CT molecular complexity index is 226. The monoisotopic (exact) mass is 151 g/mol. The van der Waals surface area contributed by atoms with E-state index in [0.717, 1.165) is 11.8 Å². The van der Waals surface area contributed by atoms with E-state index >= 15 is 0 Å². The minimum Gasteiger partial charge on any atom is -0.342 e. The average Bonchev–Trinajstić information content (AvgIpc) is 2.60. The highest BCUT2D eigenvalue weighted by Crippen LogP contribution is 2.54. The van der Waals surface area contributed by atoms with E-state index in [1.807, 2.05) is 11.9 Å². The van der Waals surface area contributed by atoms with Crippen molar-refractivity contribution in [3.8, 4) is 0 Å². The van der Waals surface area contributed by atoms with Gasteiger partial charge in [0.1, 0.15) is 0 Å². The first kappa shape index (κ1) is 6.04. The molecule has 0 unspecified atom stereocenters. The second kappa shape index (κ2) is 1.62. The van der Waals surface area contributed by atoms with Gasteiger partial charge < -0.3 is 4.90 Å². The molecule has 2 bridgehead atoms. The Kier molecular flexibility index (Phi) is 0.890. The highest BCUT2D eigenvalue weighted by Gasteiger charge is 2.56. The van der Waals surface area contributed by atoms with Crippen molar-refractivity contribution in [2.45, 2.75) is 25.3 Å². The first-order valence-electron chi connectivity index (χ1n) is 4.54. The van der Waals surface area contributed by atoms with Crippen molar-refractivity contribution in [3.63, 3.8) is 0 Å². The lowest BCUT2D eigenvalue weighted by molar-refractivity contribution is -0.130. The van der Waals surface area contributed by atoms with E-state index in [0.29, 0.717) is 17.9 Å². The lowest BCUT2D eigenvalue weighted by Gasteiger charge is -2.19. The van der Waals surface area contributed by atoms with Crippen LogP contribution in [0.1, 0.15) is 19.3 Å². The van der Waals surface area contributed by atoms with Gasteiger partial charge in [0.05, 0.1) is 0 Å². The molecule has 0 aromatic heterocycles. The van der Waals surface area contributed by atoms with E-state index in [1.54, 1.807) is 0 Å². The SMILES string of the molecule is CN1C(=O)[C@@H]2C[C@@H]3C[C@@H]2[C@H]1C3. The minimum absolute atomic E-state index is 0.431. The molecule has 0 spiro atoms. The number of carbonyl (C=O) groups is 1. The van der Waals surface area contributed by atoms with E-state index in [1.165, 1.54) is 19.3 Å². The molecule has 2 saturated carbocycles. The molecule has 0 radical (unpaired) electrons. The average molecular weight is 151 g/mol. The molecule has 0 aromatic rings. The van der Waals surface area contributed by atoms with Crippen LogP contribution >= 0.6 is 0 Å².